The third kappa shape index (κ3) is 2.66. The minimum Gasteiger partial charge on any atom is -0.497 e. The summed E-state index contributed by atoms with van der Waals surface area (Å²) in [4.78, 5) is 0. The number of hydrazine groups is 1. The quantitative estimate of drug-likeness (QED) is 0.665. The number of ether oxygens (including phenoxy) is 1. The molecule has 1 unspecified atom stereocenters. The van der Waals surface area contributed by atoms with Crippen molar-refractivity contribution in [3.8, 4) is 5.75 Å². The van der Waals surface area contributed by atoms with Crippen molar-refractivity contribution < 1.29 is 9.13 Å². The van der Waals surface area contributed by atoms with Crippen molar-refractivity contribution in [2.75, 3.05) is 7.11 Å². The molecule has 1 atom stereocenters. The smallest absolute Gasteiger partial charge is 0.132 e. The van der Waals surface area contributed by atoms with E-state index in [1.54, 1.807) is 12.1 Å². The fourth-order valence-electron chi connectivity index (χ4n) is 2.48. The molecule has 0 aliphatic rings. The summed E-state index contributed by atoms with van der Waals surface area (Å²) < 4.78 is 19.3. The van der Waals surface area contributed by atoms with Crippen molar-refractivity contribution in [3.63, 3.8) is 0 Å². The van der Waals surface area contributed by atoms with E-state index in [9.17, 15) is 4.39 Å². The number of aryl methyl sites for hydroxylation is 2. The lowest BCUT2D eigenvalue weighted by molar-refractivity contribution is 0.410. The van der Waals surface area contributed by atoms with Gasteiger partial charge in [0.2, 0.25) is 0 Å². The topological polar surface area (TPSA) is 47.3 Å². The van der Waals surface area contributed by atoms with Crippen molar-refractivity contribution in [3.05, 3.63) is 64.5 Å². The van der Waals surface area contributed by atoms with E-state index in [0.717, 1.165) is 16.7 Å². The van der Waals surface area contributed by atoms with Crippen molar-refractivity contribution in [2.24, 2.45) is 5.84 Å². The highest BCUT2D eigenvalue weighted by molar-refractivity contribution is 5.43. The first-order valence-corrected chi connectivity index (χ1v) is 6.44. The summed E-state index contributed by atoms with van der Waals surface area (Å²) in [5, 5.41) is 0. The average Bonchev–Trinajstić information content (AvgIpc) is 2.43. The Hall–Kier alpha value is -1.91. The molecule has 3 N–H and O–H groups in total. The zero-order valence-electron chi connectivity index (χ0n) is 11.9. The number of benzene rings is 2. The average molecular weight is 274 g/mol. The summed E-state index contributed by atoms with van der Waals surface area (Å²) in [6.45, 7) is 3.99. The van der Waals surface area contributed by atoms with E-state index in [1.165, 1.54) is 13.2 Å². The first-order valence-electron chi connectivity index (χ1n) is 6.44. The van der Waals surface area contributed by atoms with Crippen LogP contribution in [0.3, 0.4) is 0 Å². The lowest BCUT2D eigenvalue weighted by Gasteiger charge is -2.22. The Morgan fingerprint density at radius 1 is 1.15 bits per heavy atom. The summed E-state index contributed by atoms with van der Waals surface area (Å²) in [7, 11) is 1.51. The molecular weight excluding hydrogens is 255 g/mol. The number of halogens is 1. The van der Waals surface area contributed by atoms with Crippen LogP contribution in [-0.4, -0.2) is 7.11 Å². The van der Waals surface area contributed by atoms with Gasteiger partial charge in [0.05, 0.1) is 13.2 Å². The summed E-state index contributed by atoms with van der Waals surface area (Å²) >= 11 is 0. The van der Waals surface area contributed by atoms with Gasteiger partial charge in [0, 0.05) is 11.6 Å². The molecule has 2 rings (SSSR count). The maximum absolute atomic E-state index is 14.2. The number of hydrogen-bond acceptors (Lipinski definition) is 3. The molecule has 106 valence electrons. The summed E-state index contributed by atoms with van der Waals surface area (Å²) in [5.74, 6) is 5.82. The van der Waals surface area contributed by atoms with Crippen molar-refractivity contribution in [2.45, 2.75) is 19.9 Å². The lowest BCUT2D eigenvalue weighted by atomic mass is 9.91. The van der Waals surface area contributed by atoms with E-state index in [0.29, 0.717) is 11.3 Å². The van der Waals surface area contributed by atoms with Gasteiger partial charge in [-0.15, -0.1) is 0 Å². The Balaban J connectivity index is 2.53. The Morgan fingerprint density at radius 2 is 1.80 bits per heavy atom. The molecule has 0 bridgehead atoms. The van der Waals surface area contributed by atoms with Crippen LogP contribution in [0.25, 0.3) is 0 Å². The highest BCUT2D eigenvalue weighted by Gasteiger charge is 2.20. The molecule has 0 aromatic heterocycles. The second kappa shape index (κ2) is 6.03. The van der Waals surface area contributed by atoms with Crippen LogP contribution in [0, 0.1) is 19.7 Å². The van der Waals surface area contributed by atoms with Crippen LogP contribution < -0.4 is 16.0 Å². The maximum atomic E-state index is 14.2. The molecule has 0 amide bonds. The number of nitrogens with two attached hydrogens (primary N) is 1. The first kappa shape index (κ1) is 14.5. The fourth-order valence-corrected chi connectivity index (χ4v) is 2.48. The zero-order valence-corrected chi connectivity index (χ0v) is 11.9. The molecule has 0 aliphatic carbocycles. The minimum absolute atomic E-state index is 0.338. The summed E-state index contributed by atoms with van der Waals surface area (Å²) in [6, 6.07) is 10.4. The van der Waals surface area contributed by atoms with Crippen molar-refractivity contribution >= 4 is 0 Å². The number of rotatable bonds is 4. The van der Waals surface area contributed by atoms with Gasteiger partial charge < -0.3 is 4.74 Å². The van der Waals surface area contributed by atoms with E-state index in [-0.39, 0.29) is 11.9 Å². The van der Waals surface area contributed by atoms with Gasteiger partial charge in [-0.05, 0) is 36.6 Å². The van der Waals surface area contributed by atoms with Crippen LogP contribution in [-0.2, 0) is 0 Å². The second-order valence-electron chi connectivity index (χ2n) is 4.79. The molecule has 0 aliphatic heterocycles. The Morgan fingerprint density at radius 3 is 2.30 bits per heavy atom. The standard InChI is InChI=1S/C16H19FN2O/c1-10-5-4-6-11(2)15(10)16(19-18)13-8-7-12(20-3)9-14(13)17/h4-9,16,19H,18H2,1-3H3. The maximum Gasteiger partial charge on any atom is 0.132 e. The zero-order chi connectivity index (χ0) is 14.7. The SMILES string of the molecule is COc1ccc(C(NN)c2c(C)cccc2C)c(F)c1. The molecular formula is C16H19FN2O. The van der Waals surface area contributed by atoms with Crippen LogP contribution in [0.15, 0.2) is 36.4 Å². The van der Waals surface area contributed by atoms with E-state index >= 15 is 0 Å². The van der Waals surface area contributed by atoms with Crippen LogP contribution in [0.2, 0.25) is 0 Å². The predicted octanol–water partition coefficient (Wildman–Crippen LogP) is 3.00. The molecule has 0 saturated heterocycles. The van der Waals surface area contributed by atoms with Crippen LogP contribution in [0.5, 0.6) is 5.75 Å². The van der Waals surface area contributed by atoms with Gasteiger partial charge in [0.15, 0.2) is 0 Å². The third-order valence-corrected chi connectivity index (χ3v) is 3.52. The monoisotopic (exact) mass is 274 g/mol. The van der Waals surface area contributed by atoms with E-state index in [1.807, 2.05) is 32.0 Å². The Kier molecular flexibility index (Phi) is 4.37. The molecule has 0 fully saturated rings. The predicted molar refractivity (Wildman–Crippen MR) is 78.0 cm³/mol. The van der Waals surface area contributed by atoms with E-state index < -0.39 is 0 Å². The summed E-state index contributed by atoms with van der Waals surface area (Å²) in [6.07, 6.45) is 0. The molecule has 2 aromatic rings. The molecule has 3 nitrogen and oxygen atoms in total. The lowest BCUT2D eigenvalue weighted by Crippen LogP contribution is -2.30. The number of methoxy groups -OCH3 is 1. The molecule has 0 saturated carbocycles. The fraction of sp³-hybridized carbons (Fsp3) is 0.250. The van der Waals surface area contributed by atoms with Gasteiger partial charge in [-0.3, -0.25) is 5.84 Å². The number of nitrogens with one attached hydrogen (secondary N) is 1. The molecule has 20 heavy (non-hydrogen) atoms. The first-order chi connectivity index (χ1) is 9.58. The van der Waals surface area contributed by atoms with E-state index in [4.69, 9.17) is 10.6 Å². The van der Waals surface area contributed by atoms with Gasteiger partial charge in [0.1, 0.15) is 11.6 Å². The van der Waals surface area contributed by atoms with Gasteiger partial charge in [0.25, 0.3) is 0 Å². The molecule has 0 radical (unpaired) electrons. The van der Waals surface area contributed by atoms with Crippen LogP contribution in [0.1, 0.15) is 28.3 Å². The van der Waals surface area contributed by atoms with Gasteiger partial charge in [-0.1, -0.05) is 24.3 Å². The number of hydrogen-bond donors (Lipinski definition) is 2. The van der Waals surface area contributed by atoms with Gasteiger partial charge in [-0.2, -0.15) is 0 Å². The summed E-state index contributed by atoms with van der Waals surface area (Å²) in [5.41, 5.74) is 6.36. The highest BCUT2D eigenvalue weighted by Crippen LogP contribution is 2.30. The Labute approximate surface area is 118 Å². The van der Waals surface area contributed by atoms with Crippen molar-refractivity contribution in [1.82, 2.24) is 5.43 Å². The van der Waals surface area contributed by atoms with E-state index in [2.05, 4.69) is 5.43 Å². The van der Waals surface area contributed by atoms with Gasteiger partial charge >= 0.3 is 0 Å². The van der Waals surface area contributed by atoms with Crippen molar-refractivity contribution in [1.29, 1.82) is 0 Å². The second-order valence-corrected chi connectivity index (χ2v) is 4.79. The molecule has 4 heteroatoms. The third-order valence-electron chi connectivity index (χ3n) is 3.52. The normalized spacial score (nSPS) is 12.2. The van der Waals surface area contributed by atoms with Crippen LogP contribution >= 0.6 is 0 Å². The largest absolute Gasteiger partial charge is 0.497 e. The molecule has 0 spiro atoms. The minimum atomic E-state index is -0.387. The highest BCUT2D eigenvalue weighted by atomic mass is 19.1. The molecule has 0 heterocycles. The Bertz CT molecular complexity index is 593. The molecule has 2 aromatic carbocycles. The van der Waals surface area contributed by atoms with Crippen LogP contribution in [0.4, 0.5) is 4.39 Å². The van der Waals surface area contributed by atoms with Gasteiger partial charge in [-0.25, -0.2) is 9.82 Å².